The van der Waals surface area contributed by atoms with E-state index in [1.165, 1.54) is 5.56 Å². The molecule has 0 radical (unpaired) electrons. The SMILES string of the molecule is CCC(=O)NCC(Cl)N1CCCC(OCc2ccccc2)C1. The van der Waals surface area contributed by atoms with Gasteiger partial charge in [-0.1, -0.05) is 37.3 Å². The van der Waals surface area contributed by atoms with Crippen molar-refractivity contribution in [3.8, 4) is 0 Å². The highest BCUT2D eigenvalue weighted by Gasteiger charge is 2.25. The Morgan fingerprint density at radius 2 is 2.23 bits per heavy atom. The van der Waals surface area contributed by atoms with Gasteiger partial charge in [-0.2, -0.15) is 0 Å². The van der Waals surface area contributed by atoms with Crippen molar-refractivity contribution in [1.29, 1.82) is 0 Å². The predicted octanol–water partition coefficient (Wildman–Crippen LogP) is 2.76. The molecule has 1 aromatic rings. The third kappa shape index (κ3) is 5.59. The number of nitrogens with one attached hydrogen (secondary N) is 1. The van der Waals surface area contributed by atoms with Crippen LogP contribution in [-0.2, 0) is 16.1 Å². The van der Waals surface area contributed by atoms with Gasteiger partial charge in [0.05, 0.1) is 12.7 Å². The van der Waals surface area contributed by atoms with Crippen LogP contribution in [0.3, 0.4) is 0 Å². The van der Waals surface area contributed by atoms with Crippen LogP contribution in [0.4, 0.5) is 0 Å². The number of carbonyl (C=O) groups is 1. The lowest BCUT2D eigenvalue weighted by molar-refractivity contribution is -0.120. The number of ether oxygens (including phenoxy) is 1. The van der Waals surface area contributed by atoms with Gasteiger partial charge in [-0.05, 0) is 24.9 Å². The van der Waals surface area contributed by atoms with Gasteiger partial charge >= 0.3 is 0 Å². The number of likely N-dealkylation sites (tertiary alicyclic amines) is 1. The second kappa shape index (κ2) is 9.13. The lowest BCUT2D eigenvalue weighted by Crippen LogP contribution is -2.47. The zero-order chi connectivity index (χ0) is 15.8. The molecule has 2 unspecified atom stereocenters. The molecule has 1 saturated heterocycles. The average Bonchev–Trinajstić information content (AvgIpc) is 2.58. The summed E-state index contributed by atoms with van der Waals surface area (Å²) in [6, 6.07) is 10.2. The normalized spacial score (nSPS) is 20.5. The van der Waals surface area contributed by atoms with Crippen LogP contribution in [0.25, 0.3) is 0 Å². The van der Waals surface area contributed by atoms with Crippen LogP contribution in [0.5, 0.6) is 0 Å². The minimum absolute atomic E-state index is 0.0412. The number of piperidine rings is 1. The molecule has 1 amide bonds. The molecule has 4 nitrogen and oxygen atoms in total. The lowest BCUT2D eigenvalue weighted by Gasteiger charge is -2.35. The van der Waals surface area contributed by atoms with Gasteiger partial charge in [-0.15, -0.1) is 11.6 Å². The Hall–Kier alpha value is -1.10. The molecule has 1 aromatic carbocycles. The van der Waals surface area contributed by atoms with Crippen LogP contribution in [0.1, 0.15) is 31.7 Å². The van der Waals surface area contributed by atoms with Crippen LogP contribution in [0, 0.1) is 0 Å². The second-order valence-corrected chi connectivity index (χ2v) is 6.15. The van der Waals surface area contributed by atoms with Gasteiger partial charge in [0.25, 0.3) is 0 Å². The minimum atomic E-state index is -0.168. The molecule has 1 aliphatic rings. The summed E-state index contributed by atoms with van der Waals surface area (Å²) in [4.78, 5) is 13.5. The van der Waals surface area contributed by atoms with Crippen molar-refractivity contribution in [1.82, 2.24) is 10.2 Å². The Bertz CT molecular complexity index is 455. The van der Waals surface area contributed by atoms with E-state index in [9.17, 15) is 4.79 Å². The first-order valence-corrected chi connectivity index (χ1v) is 8.43. The summed E-state index contributed by atoms with van der Waals surface area (Å²) in [6.07, 6.45) is 2.84. The first-order chi connectivity index (χ1) is 10.7. The van der Waals surface area contributed by atoms with E-state index in [-0.39, 0.29) is 17.5 Å². The van der Waals surface area contributed by atoms with Crippen LogP contribution >= 0.6 is 11.6 Å². The molecule has 1 fully saturated rings. The Kier molecular flexibility index (Phi) is 7.16. The summed E-state index contributed by atoms with van der Waals surface area (Å²) in [5.74, 6) is 0.0412. The number of nitrogens with zero attached hydrogens (tertiary/aromatic N) is 1. The summed E-state index contributed by atoms with van der Waals surface area (Å²) in [7, 11) is 0. The molecule has 0 aromatic heterocycles. The maximum atomic E-state index is 11.3. The van der Waals surface area contributed by atoms with Crippen molar-refractivity contribution in [3.05, 3.63) is 35.9 Å². The molecular formula is C17H25ClN2O2. The van der Waals surface area contributed by atoms with Crippen molar-refractivity contribution in [3.63, 3.8) is 0 Å². The molecule has 0 bridgehead atoms. The molecule has 122 valence electrons. The van der Waals surface area contributed by atoms with E-state index in [1.807, 2.05) is 25.1 Å². The van der Waals surface area contributed by atoms with Crippen molar-refractivity contribution in [2.24, 2.45) is 0 Å². The van der Waals surface area contributed by atoms with E-state index in [0.29, 0.717) is 19.6 Å². The first kappa shape index (κ1) is 17.3. The minimum Gasteiger partial charge on any atom is -0.372 e. The highest BCUT2D eigenvalue weighted by Crippen LogP contribution is 2.18. The molecule has 0 saturated carbocycles. The quantitative estimate of drug-likeness (QED) is 0.619. The Morgan fingerprint density at radius 3 is 2.95 bits per heavy atom. The highest BCUT2D eigenvalue weighted by molar-refractivity contribution is 6.20. The molecule has 2 rings (SSSR count). The van der Waals surface area contributed by atoms with Crippen LogP contribution in [0.15, 0.2) is 30.3 Å². The molecule has 1 aliphatic heterocycles. The van der Waals surface area contributed by atoms with Crippen LogP contribution in [-0.4, -0.2) is 42.0 Å². The first-order valence-electron chi connectivity index (χ1n) is 7.99. The number of alkyl halides is 1. The third-order valence-electron chi connectivity index (χ3n) is 3.92. The fourth-order valence-corrected chi connectivity index (χ4v) is 2.85. The predicted molar refractivity (Wildman–Crippen MR) is 88.8 cm³/mol. The summed E-state index contributed by atoms with van der Waals surface area (Å²) in [5.41, 5.74) is 1.02. The van der Waals surface area contributed by atoms with Crippen molar-refractivity contribution < 1.29 is 9.53 Å². The van der Waals surface area contributed by atoms with E-state index in [0.717, 1.165) is 25.9 Å². The Labute approximate surface area is 137 Å². The fraction of sp³-hybridized carbons (Fsp3) is 0.588. The van der Waals surface area contributed by atoms with Crippen LogP contribution in [0.2, 0.25) is 0 Å². The van der Waals surface area contributed by atoms with Gasteiger partial charge in [0, 0.05) is 19.5 Å². The van der Waals surface area contributed by atoms with Gasteiger partial charge < -0.3 is 10.1 Å². The largest absolute Gasteiger partial charge is 0.372 e. The van der Waals surface area contributed by atoms with E-state index in [4.69, 9.17) is 16.3 Å². The summed E-state index contributed by atoms with van der Waals surface area (Å²) >= 11 is 6.40. The maximum Gasteiger partial charge on any atom is 0.219 e. The smallest absolute Gasteiger partial charge is 0.219 e. The summed E-state index contributed by atoms with van der Waals surface area (Å²) in [5, 5.41) is 2.85. The van der Waals surface area contributed by atoms with E-state index in [2.05, 4.69) is 22.3 Å². The summed E-state index contributed by atoms with van der Waals surface area (Å²) < 4.78 is 6.01. The standard InChI is InChI=1S/C17H25ClN2O2/c1-2-17(21)19-11-16(18)20-10-6-9-15(12-20)22-13-14-7-4-3-5-8-14/h3-5,7-8,15-16H,2,6,9-13H2,1H3,(H,19,21). The van der Waals surface area contributed by atoms with E-state index >= 15 is 0 Å². The van der Waals surface area contributed by atoms with Crippen LogP contribution < -0.4 is 5.32 Å². The molecule has 1 N–H and O–H groups in total. The van der Waals surface area contributed by atoms with Crippen molar-refractivity contribution >= 4 is 17.5 Å². The van der Waals surface area contributed by atoms with Gasteiger partial charge in [0.2, 0.25) is 5.91 Å². The Balaban J connectivity index is 1.75. The zero-order valence-electron chi connectivity index (χ0n) is 13.1. The van der Waals surface area contributed by atoms with E-state index in [1.54, 1.807) is 0 Å². The number of halogens is 1. The van der Waals surface area contributed by atoms with Gasteiger partial charge in [-0.25, -0.2) is 0 Å². The number of rotatable bonds is 7. The number of amides is 1. The summed E-state index contributed by atoms with van der Waals surface area (Å²) in [6.45, 7) is 4.75. The molecule has 1 heterocycles. The van der Waals surface area contributed by atoms with Crippen molar-refractivity contribution in [2.75, 3.05) is 19.6 Å². The second-order valence-electron chi connectivity index (χ2n) is 5.65. The van der Waals surface area contributed by atoms with Gasteiger partial charge in [0.15, 0.2) is 0 Å². The molecule has 22 heavy (non-hydrogen) atoms. The molecule has 5 heteroatoms. The number of carbonyl (C=O) groups excluding carboxylic acids is 1. The van der Waals surface area contributed by atoms with Gasteiger partial charge in [-0.3, -0.25) is 9.69 Å². The lowest BCUT2D eigenvalue weighted by atomic mass is 10.1. The fourth-order valence-electron chi connectivity index (χ4n) is 2.60. The maximum absolute atomic E-state index is 11.3. The molecule has 0 aliphatic carbocycles. The molecule has 2 atom stereocenters. The number of benzene rings is 1. The van der Waals surface area contributed by atoms with Crippen molar-refractivity contribution in [2.45, 2.75) is 44.4 Å². The highest BCUT2D eigenvalue weighted by atomic mass is 35.5. The van der Waals surface area contributed by atoms with E-state index < -0.39 is 0 Å². The topological polar surface area (TPSA) is 41.6 Å². The molecule has 0 spiro atoms. The van der Waals surface area contributed by atoms with Gasteiger partial charge in [0.1, 0.15) is 5.50 Å². The average molecular weight is 325 g/mol. The molecular weight excluding hydrogens is 300 g/mol. The number of hydrogen-bond donors (Lipinski definition) is 1. The Morgan fingerprint density at radius 1 is 1.45 bits per heavy atom. The monoisotopic (exact) mass is 324 g/mol. The zero-order valence-corrected chi connectivity index (χ0v) is 13.9. The third-order valence-corrected chi connectivity index (χ3v) is 4.35. The number of hydrogen-bond acceptors (Lipinski definition) is 3.